The zero-order valence-electron chi connectivity index (χ0n) is 14.0. The van der Waals surface area contributed by atoms with E-state index in [1.54, 1.807) is 20.8 Å². The first kappa shape index (κ1) is 16.8. The summed E-state index contributed by atoms with van der Waals surface area (Å²) in [5, 5.41) is 6.94. The number of carbonyl (C=O) groups is 1. The molecule has 0 aliphatic heterocycles. The first-order valence-electron chi connectivity index (χ1n) is 7.29. The van der Waals surface area contributed by atoms with Crippen LogP contribution in [0.4, 0.5) is 10.6 Å². The first-order chi connectivity index (χ1) is 10.7. The van der Waals surface area contributed by atoms with E-state index in [1.807, 2.05) is 13.8 Å². The largest absolute Gasteiger partial charge is 0.443 e. The van der Waals surface area contributed by atoms with Crippen molar-refractivity contribution in [3.05, 3.63) is 45.6 Å². The Hall–Kier alpha value is -2.57. The molecule has 0 bridgehead atoms. The smallest absolute Gasteiger partial charge is 0.420 e. The molecule has 0 radical (unpaired) electrons. The van der Waals surface area contributed by atoms with Crippen LogP contribution in [-0.4, -0.2) is 21.4 Å². The summed E-state index contributed by atoms with van der Waals surface area (Å²) in [5.41, 5.74) is 0.819. The van der Waals surface area contributed by atoms with Crippen molar-refractivity contribution in [2.45, 2.75) is 46.8 Å². The standard InChI is InChI=1S/C16H21N3O4/c1-10-13(11(2)23-18-10)9-17-14-8-12(20)6-7-19(14)15(21)22-16(3,4)5/h6-8,17H,9H2,1-5H3. The van der Waals surface area contributed by atoms with Gasteiger partial charge in [-0.3, -0.25) is 4.79 Å². The van der Waals surface area contributed by atoms with Crippen LogP contribution in [0.25, 0.3) is 0 Å². The Morgan fingerprint density at radius 2 is 2.09 bits per heavy atom. The number of nitrogens with one attached hydrogen (secondary N) is 1. The van der Waals surface area contributed by atoms with Crippen molar-refractivity contribution < 1.29 is 14.1 Å². The van der Waals surface area contributed by atoms with Crippen LogP contribution in [0.5, 0.6) is 0 Å². The van der Waals surface area contributed by atoms with Gasteiger partial charge in [0.15, 0.2) is 5.43 Å². The summed E-state index contributed by atoms with van der Waals surface area (Å²) >= 11 is 0. The Balaban J connectivity index is 2.26. The topological polar surface area (TPSA) is 86.4 Å². The number of aryl methyl sites for hydroxylation is 2. The molecule has 0 atom stereocenters. The lowest BCUT2D eigenvalue weighted by molar-refractivity contribution is 0.0539. The molecule has 0 amide bonds. The Morgan fingerprint density at radius 1 is 1.39 bits per heavy atom. The molecule has 0 aliphatic carbocycles. The van der Waals surface area contributed by atoms with E-state index in [4.69, 9.17) is 9.26 Å². The molecule has 23 heavy (non-hydrogen) atoms. The maximum atomic E-state index is 12.3. The fourth-order valence-corrected chi connectivity index (χ4v) is 2.02. The van der Waals surface area contributed by atoms with Gasteiger partial charge in [-0.25, -0.2) is 9.36 Å². The van der Waals surface area contributed by atoms with Crippen molar-refractivity contribution in [3.63, 3.8) is 0 Å². The molecule has 0 aliphatic rings. The Labute approximate surface area is 134 Å². The number of carbonyl (C=O) groups excluding carboxylic acids is 1. The minimum Gasteiger partial charge on any atom is -0.443 e. The van der Waals surface area contributed by atoms with Crippen LogP contribution < -0.4 is 10.7 Å². The minimum atomic E-state index is -0.626. The van der Waals surface area contributed by atoms with E-state index in [-0.39, 0.29) is 5.43 Å². The lowest BCUT2D eigenvalue weighted by Crippen LogP contribution is -2.29. The number of hydrogen-bond donors (Lipinski definition) is 1. The molecule has 0 unspecified atom stereocenters. The van der Waals surface area contributed by atoms with Crippen LogP contribution in [0.2, 0.25) is 0 Å². The molecule has 2 rings (SSSR count). The summed E-state index contributed by atoms with van der Waals surface area (Å²) in [6.45, 7) is 9.37. The lowest BCUT2D eigenvalue weighted by Gasteiger charge is -2.21. The molecular weight excluding hydrogens is 298 g/mol. The van der Waals surface area contributed by atoms with Crippen molar-refractivity contribution in [3.8, 4) is 0 Å². The van der Waals surface area contributed by atoms with E-state index in [2.05, 4.69) is 10.5 Å². The van der Waals surface area contributed by atoms with Gasteiger partial charge in [-0.05, 0) is 34.6 Å². The molecule has 7 nitrogen and oxygen atoms in total. The molecule has 2 aromatic heterocycles. The zero-order chi connectivity index (χ0) is 17.2. The summed E-state index contributed by atoms with van der Waals surface area (Å²) in [5.74, 6) is 1.05. The first-order valence-corrected chi connectivity index (χ1v) is 7.29. The molecule has 1 N–H and O–H groups in total. The molecule has 0 spiro atoms. The Bertz CT molecular complexity index is 749. The molecule has 0 saturated heterocycles. The van der Waals surface area contributed by atoms with Crippen molar-refractivity contribution in [1.29, 1.82) is 0 Å². The minimum absolute atomic E-state index is 0.203. The number of ether oxygens (including phenoxy) is 1. The summed E-state index contributed by atoms with van der Waals surface area (Å²) in [6, 6.07) is 2.66. The second kappa shape index (κ2) is 6.28. The van der Waals surface area contributed by atoms with Gasteiger partial charge in [0, 0.05) is 30.4 Å². The van der Waals surface area contributed by atoms with Crippen molar-refractivity contribution in [2.24, 2.45) is 0 Å². The van der Waals surface area contributed by atoms with Crippen LogP contribution in [0.15, 0.2) is 27.6 Å². The van der Waals surface area contributed by atoms with Gasteiger partial charge in [0.1, 0.15) is 17.2 Å². The van der Waals surface area contributed by atoms with Crippen molar-refractivity contribution in [1.82, 2.24) is 9.72 Å². The van der Waals surface area contributed by atoms with E-state index >= 15 is 0 Å². The molecular formula is C16H21N3O4. The van der Waals surface area contributed by atoms with Gasteiger partial charge in [0.05, 0.1) is 5.69 Å². The maximum Gasteiger partial charge on any atom is 0.420 e. The number of aromatic nitrogens is 2. The monoisotopic (exact) mass is 319 g/mol. The number of rotatable bonds is 3. The van der Waals surface area contributed by atoms with Gasteiger partial charge in [-0.1, -0.05) is 5.16 Å². The summed E-state index contributed by atoms with van der Waals surface area (Å²) in [7, 11) is 0. The number of nitrogens with zero attached hydrogens (tertiary/aromatic N) is 2. The van der Waals surface area contributed by atoms with E-state index in [1.165, 1.54) is 22.9 Å². The quantitative estimate of drug-likeness (QED) is 0.936. The third-order valence-electron chi connectivity index (χ3n) is 3.14. The molecule has 0 aromatic carbocycles. The highest BCUT2D eigenvalue weighted by atomic mass is 16.6. The van der Waals surface area contributed by atoms with Gasteiger partial charge in [0.2, 0.25) is 0 Å². The van der Waals surface area contributed by atoms with Crippen molar-refractivity contribution >= 4 is 11.9 Å². The number of anilines is 1. The van der Waals surface area contributed by atoms with Crippen molar-refractivity contribution in [2.75, 3.05) is 5.32 Å². The SMILES string of the molecule is Cc1noc(C)c1CNc1cc(=O)ccn1C(=O)OC(C)(C)C. The number of hydrogen-bond acceptors (Lipinski definition) is 6. The third kappa shape index (κ3) is 4.21. The van der Waals surface area contributed by atoms with E-state index in [0.717, 1.165) is 11.3 Å². The maximum absolute atomic E-state index is 12.3. The second-order valence-electron chi connectivity index (χ2n) is 6.25. The fourth-order valence-electron chi connectivity index (χ4n) is 2.02. The van der Waals surface area contributed by atoms with Crippen LogP contribution in [-0.2, 0) is 11.3 Å². The van der Waals surface area contributed by atoms with Gasteiger partial charge in [-0.15, -0.1) is 0 Å². The Kier molecular flexibility index (Phi) is 4.58. The third-order valence-corrected chi connectivity index (χ3v) is 3.14. The molecule has 0 fully saturated rings. The van der Waals surface area contributed by atoms with E-state index < -0.39 is 11.7 Å². The lowest BCUT2D eigenvalue weighted by atomic mass is 10.2. The zero-order valence-corrected chi connectivity index (χ0v) is 14.0. The fraction of sp³-hybridized carbons (Fsp3) is 0.438. The summed E-state index contributed by atoms with van der Waals surface area (Å²) < 4.78 is 11.7. The highest BCUT2D eigenvalue weighted by Crippen LogP contribution is 2.16. The van der Waals surface area contributed by atoms with Crippen LogP contribution in [0, 0.1) is 13.8 Å². The molecule has 2 heterocycles. The average Bonchev–Trinajstić information content (AvgIpc) is 2.74. The highest BCUT2D eigenvalue weighted by Gasteiger charge is 2.19. The van der Waals surface area contributed by atoms with E-state index in [0.29, 0.717) is 18.1 Å². The normalized spacial score (nSPS) is 11.3. The second-order valence-corrected chi connectivity index (χ2v) is 6.25. The predicted molar refractivity (Wildman–Crippen MR) is 85.6 cm³/mol. The van der Waals surface area contributed by atoms with E-state index in [9.17, 15) is 9.59 Å². The highest BCUT2D eigenvalue weighted by molar-refractivity contribution is 5.75. The van der Waals surface area contributed by atoms with Gasteiger partial charge >= 0.3 is 6.09 Å². The average molecular weight is 319 g/mol. The van der Waals surface area contributed by atoms with Gasteiger partial charge in [-0.2, -0.15) is 0 Å². The van der Waals surface area contributed by atoms with Gasteiger partial charge in [0.25, 0.3) is 0 Å². The summed E-state index contributed by atoms with van der Waals surface area (Å²) in [4.78, 5) is 23.9. The van der Waals surface area contributed by atoms with Crippen LogP contribution >= 0.6 is 0 Å². The molecule has 124 valence electrons. The molecule has 2 aromatic rings. The van der Waals surface area contributed by atoms with Gasteiger partial charge < -0.3 is 14.6 Å². The molecule has 0 saturated carbocycles. The van der Waals surface area contributed by atoms with Crippen LogP contribution in [0.3, 0.4) is 0 Å². The number of pyridine rings is 1. The van der Waals surface area contributed by atoms with Crippen LogP contribution in [0.1, 0.15) is 37.8 Å². The summed E-state index contributed by atoms with van der Waals surface area (Å²) in [6.07, 6.45) is 0.838. The molecule has 7 heteroatoms. The Morgan fingerprint density at radius 3 is 2.65 bits per heavy atom. The predicted octanol–water partition coefficient (Wildman–Crippen LogP) is 2.85.